The summed E-state index contributed by atoms with van der Waals surface area (Å²) in [5.41, 5.74) is 3.95. The lowest BCUT2D eigenvalue weighted by Crippen LogP contribution is -2.32. The molecule has 0 unspecified atom stereocenters. The highest BCUT2D eigenvalue weighted by Crippen LogP contribution is 2.25. The predicted octanol–water partition coefficient (Wildman–Crippen LogP) is 3.45. The van der Waals surface area contributed by atoms with Crippen LogP contribution in [0.2, 0.25) is 0 Å². The van der Waals surface area contributed by atoms with Crippen LogP contribution in [0.1, 0.15) is 5.56 Å². The minimum atomic E-state index is -0.891. The van der Waals surface area contributed by atoms with Gasteiger partial charge in [0.25, 0.3) is 0 Å². The van der Waals surface area contributed by atoms with Gasteiger partial charge in [-0.05, 0) is 10.8 Å². The Morgan fingerprint density at radius 3 is 2.48 bits per heavy atom. The Morgan fingerprint density at radius 2 is 1.62 bits per heavy atom. The average Bonchev–Trinajstić information content (AvgIpc) is 3.23. The molecule has 0 aliphatic heterocycles. The monoisotopic (exact) mass is 401 g/mol. The number of fused-ring (bicyclic) bond motifs is 1. The smallest absolute Gasteiger partial charge is 0.292 e. The molecule has 0 radical (unpaired) electrons. The Hall–Kier alpha value is -3.91. The van der Waals surface area contributed by atoms with E-state index in [2.05, 4.69) is 26.0 Å². The van der Waals surface area contributed by atoms with Gasteiger partial charge in [0.05, 0.1) is 6.21 Å². The van der Waals surface area contributed by atoms with Gasteiger partial charge in [-0.25, -0.2) is 5.43 Å². The first-order chi connectivity index (χ1) is 14.2. The third-order valence-electron chi connectivity index (χ3n) is 4.07. The molecule has 0 spiro atoms. The molecule has 0 bridgehead atoms. The van der Waals surface area contributed by atoms with Gasteiger partial charge in [-0.3, -0.25) is 14.9 Å². The van der Waals surface area contributed by atoms with Gasteiger partial charge in [-0.2, -0.15) is 5.10 Å². The molecular formula is C21H15N5O2S. The van der Waals surface area contributed by atoms with Crippen molar-refractivity contribution in [2.45, 2.75) is 0 Å². The van der Waals surface area contributed by atoms with E-state index < -0.39 is 11.8 Å². The van der Waals surface area contributed by atoms with E-state index in [-0.39, 0.29) is 5.13 Å². The Bertz CT molecular complexity index is 1200. The number of hydrogen-bond donors (Lipinski definition) is 2. The Balaban J connectivity index is 1.38. The lowest BCUT2D eigenvalue weighted by Gasteiger charge is -2.02. The molecule has 142 valence electrons. The summed E-state index contributed by atoms with van der Waals surface area (Å²) in [4.78, 5) is 24.1. The highest BCUT2D eigenvalue weighted by atomic mass is 32.1. The molecule has 8 heteroatoms. The number of aromatic nitrogens is 2. The summed E-state index contributed by atoms with van der Waals surface area (Å²) in [5, 5.41) is 17.2. The van der Waals surface area contributed by atoms with E-state index in [9.17, 15) is 9.59 Å². The number of nitrogens with zero attached hydrogens (tertiary/aromatic N) is 3. The van der Waals surface area contributed by atoms with Crippen molar-refractivity contribution in [1.82, 2.24) is 15.6 Å². The standard InChI is InChI=1S/C21H15N5O2S/c27-18(23-21-26-25-20(29-21)15-8-2-1-3-9-15)19(28)24-22-13-16-11-6-10-14-7-4-5-12-17(14)16/h1-13H,(H,24,28)(H,23,26,27)/b22-13+. The summed E-state index contributed by atoms with van der Waals surface area (Å²) in [6, 6.07) is 23.1. The molecule has 0 saturated carbocycles. The fourth-order valence-corrected chi connectivity index (χ4v) is 3.44. The van der Waals surface area contributed by atoms with E-state index in [0.29, 0.717) is 5.01 Å². The zero-order chi connectivity index (χ0) is 20.1. The van der Waals surface area contributed by atoms with Crippen LogP contribution in [0.3, 0.4) is 0 Å². The molecule has 1 heterocycles. The zero-order valence-electron chi connectivity index (χ0n) is 15.1. The number of anilines is 1. The van der Waals surface area contributed by atoms with Crippen molar-refractivity contribution in [2.75, 3.05) is 5.32 Å². The van der Waals surface area contributed by atoms with Crippen molar-refractivity contribution in [3.8, 4) is 10.6 Å². The van der Waals surface area contributed by atoms with Gasteiger partial charge in [0.2, 0.25) is 5.13 Å². The molecule has 0 aliphatic rings. The maximum absolute atomic E-state index is 12.1. The van der Waals surface area contributed by atoms with E-state index >= 15 is 0 Å². The highest BCUT2D eigenvalue weighted by molar-refractivity contribution is 7.18. The van der Waals surface area contributed by atoms with Gasteiger partial charge in [-0.1, -0.05) is 84.1 Å². The molecule has 0 aliphatic carbocycles. The Labute approximate surface area is 170 Å². The van der Waals surface area contributed by atoms with Crippen molar-refractivity contribution in [1.29, 1.82) is 0 Å². The largest absolute Gasteiger partial charge is 0.329 e. The summed E-state index contributed by atoms with van der Waals surface area (Å²) >= 11 is 1.18. The summed E-state index contributed by atoms with van der Waals surface area (Å²) in [5.74, 6) is -1.76. The SMILES string of the molecule is O=C(N/N=C/c1cccc2ccccc12)C(=O)Nc1nnc(-c2ccccc2)s1. The fourth-order valence-electron chi connectivity index (χ4n) is 2.70. The van der Waals surface area contributed by atoms with Crippen LogP contribution in [0.4, 0.5) is 5.13 Å². The second-order valence-corrected chi connectivity index (χ2v) is 6.98. The third-order valence-corrected chi connectivity index (χ3v) is 4.95. The summed E-state index contributed by atoms with van der Waals surface area (Å²) in [6.45, 7) is 0. The van der Waals surface area contributed by atoms with Gasteiger partial charge in [-0.15, -0.1) is 10.2 Å². The fraction of sp³-hybridized carbons (Fsp3) is 0. The van der Waals surface area contributed by atoms with Crippen LogP contribution >= 0.6 is 11.3 Å². The molecule has 0 fully saturated rings. The van der Waals surface area contributed by atoms with Crippen molar-refractivity contribution >= 4 is 45.3 Å². The topological polar surface area (TPSA) is 96.3 Å². The Morgan fingerprint density at radius 1 is 0.862 bits per heavy atom. The summed E-state index contributed by atoms with van der Waals surface area (Å²) in [6.07, 6.45) is 1.51. The first kappa shape index (κ1) is 18.5. The lowest BCUT2D eigenvalue weighted by atomic mass is 10.1. The van der Waals surface area contributed by atoms with E-state index in [1.165, 1.54) is 17.6 Å². The van der Waals surface area contributed by atoms with Crippen LogP contribution in [-0.4, -0.2) is 28.2 Å². The van der Waals surface area contributed by atoms with Crippen LogP contribution in [-0.2, 0) is 9.59 Å². The molecule has 2 amide bonds. The van der Waals surface area contributed by atoms with E-state index in [1.54, 1.807) is 0 Å². The summed E-state index contributed by atoms with van der Waals surface area (Å²) in [7, 11) is 0. The molecule has 0 saturated heterocycles. The molecule has 4 aromatic rings. The number of hydrazone groups is 1. The quantitative estimate of drug-likeness (QED) is 0.311. The number of rotatable bonds is 4. The number of carbonyl (C=O) groups excluding carboxylic acids is 2. The third kappa shape index (κ3) is 4.33. The van der Waals surface area contributed by atoms with Crippen molar-refractivity contribution in [2.24, 2.45) is 5.10 Å². The minimum absolute atomic E-state index is 0.238. The van der Waals surface area contributed by atoms with Crippen LogP contribution < -0.4 is 10.7 Å². The summed E-state index contributed by atoms with van der Waals surface area (Å²) < 4.78 is 0. The average molecular weight is 401 g/mol. The molecule has 29 heavy (non-hydrogen) atoms. The molecule has 1 aromatic heterocycles. The van der Waals surface area contributed by atoms with Crippen molar-refractivity contribution < 1.29 is 9.59 Å². The molecule has 3 aromatic carbocycles. The first-order valence-electron chi connectivity index (χ1n) is 8.72. The van der Waals surface area contributed by atoms with Crippen molar-refractivity contribution in [3.63, 3.8) is 0 Å². The number of hydrogen-bond acceptors (Lipinski definition) is 6. The lowest BCUT2D eigenvalue weighted by molar-refractivity contribution is -0.136. The van der Waals surface area contributed by atoms with E-state index in [1.807, 2.05) is 72.8 Å². The number of carbonyl (C=O) groups is 2. The number of nitrogens with one attached hydrogen (secondary N) is 2. The van der Waals surface area contributed by atoms with Crippen LogP contribution in [0.25, 0.3) is 21.3 Å². The first-order valence-corrected chi connectivity index (χ1v) is 9.53. The second kappa shape index (κ2) is 8.41. The van der Waals surface area contributed by atoms with Crippen LogP contribution in [0.15, 0.2) is 77.9 Å². The molecule has 7 nitrogen and oxygen atoms in total. The highest BCUT2D eigenvalue weighted by Gasteiger charge is 2.16. The van der Waals surface area contributed by atoms with Crippen molar-refractivity contribution in [3.05, 3.63) is 78.4 Å². The number of benzene rings is 3. The van der Waals surface area contributed by atoms with Crippen LogP contribution in [0.5, 0.6) is 0 Å². The van der Waals surface area contributed by atoms with Gasteiger partial charge < -0.3 is 0 Å². The molecule has 0 atom stereocenters. The Kier molecular flexibility index (Phi) is 5.35. The van der Waals surface area contributed by atoms with Gasteiger partial charge in [0.15, 0.2) is 0 Å². The van der Waals surface area contributed by atoms with Gasteiger partial charge in [0, 0.05) is 11.1 Å². The predicted molar refractivity (Wildman–Crippen MR) is 114 cm³/mol. The van der Waals surface area contributed by atoms with Gasteiger partial charge in [0.1, 0.15) is 5.01 Å². The minimum Gasteiger partial charge on any atom is -0.292 e. The molecule has 2 N–H and O–H groups in total. The van der Waals surface area contributed by atoms with Gasteiger partial charge >= 0.3 is 11.8 Å². The maximum Gasteiger partial charge on any atom is 0.329 e. The molecule has 4 rings (SSSR count). The van der Waals surface area contributed by atoms with E-state index in [4.69, 9.17) is 0 Å². The van der Waals surface area contributed by atoms with E-state index in [0.717, 1.165) is 21.9 Å². The normalized spacial score (nSPS) is 10.9. The van der Waals surface area contributed by atoms with Crippen LogP contribution in [0, 0.1) is 0 Å². The molecular weight excluding hydrogens is 386 g/mol. The zero-order valence-corrected chi connectivity index (χ0v) is 15.9. The maximum atomic E-state index is 12.1. The number of amides is 2. The second-order valence-electron chi connectivity index (χ2n) is 6.00.